The quantitative estimate of drug-likeness (QED) is 0.560. The summed E-state index contributed by atoms with van der Waals surface area (Å²) in [5.41, 5.74) is -0.367. The lowest BCUT2D eigenvalue weighted by Gasteiger charge is -2.30. The Kier molecular flexibility index (Phi) is 12.0. The van der Waals surface area contributed by atoms with Crippen molar-refractivity contribution in [3.8, 4) is 0 Å². The lowest BCUT2D eigenvalue weighted by molar-refractivity contribution is -0.0204. The maximum absolute atomic E-state index is 9.49. The molecule has 0 spiro atoms. The van der Waals surface area contributed by atoms with E-state index in [0.717, 1.165) is 12.8 Å². The summed E-state index contributed by atoms with van der Waals surface area (Å²) in [6.45, 7) is 10.1. The Hall–Kier alpha value is -0.160. The molecule has 0 bridgehead atoms. The van der Waals surface area contributed by atoms with Crippen LogP contribution in [0, 0.1) is 17.3 Å². The van der Waals surface area contributed by atoms with Gasteiger partial charge in [0, 0.05) is 18.6 Å². The maximum Gasteiger partial charge on any atom is 0.0635 e. The lowest BCUT2D eigenvalue weighted by atomic mass is 9.82. The van der Waals surface area contributed by atoms with E-state index in [1.165, 1.54) is 0 Å². The van der Waals surface area contributed by atoms with Gasteiger partial charge in [-0.15, -0.1) is 0 Å². The van der Waals surface area contributed by atoms with Crippen LogP contribution in [-0.4, -0.2) is 46.4 Å². The van der Waals surface area contributed by atoms with E-state index in [4.69, 9.17) is 15.3 Å². The first-order valence-corrected chi connectivity index (χ1v) is 6.73. The Labute approximate surface area is 112 Å². The summed E-state index contributed by atoms with van der Waals surface area (Å²) in [4.78, 5) is 0. The monoisotopic (exact) mass is 264 g/mol. The minimum Gasteiger partial charge on any atom is -0.396 e. The summed E-state index contributed by atoms with van der Waals surface area (Å²) >= 11 is 0. The van der Waals surface area contributed by atoms with Gasteiger partial charge in [-0.25, -0.2) is 0 Å². The Morgan fingerprint density at radius 1 is 1.00 bits per heavy atom. The fraction of sp³-hybridized carbons (Fsp3) is 1.00. The number of hydrogen-bond acceptors (Lipinski definition) is 4. The smallest absolute Gasteiger partial charge is 0.0635 e. The molecule has 0 aliphatic carbocycles. The predicted octanol–water partition coefficient (Wildman–Crippen LogP) is 1.41. The summed E-state index contributed by atoms with van der Waals surface area (Å²) < 4.78 is 0. The SMILES string of the molecule is CC(C)C(O)C(C)(C)CO.CC(CO)CCCO. The zero-order valence-electron chi connectivity index (χ0n) is 12.6. The van der Waals surface area contributed by atoms with Gasteiger partial charge in [-0.3, -0.25) is 0 Å². The van der Waals surface area contributed by atoms with E-state index in [9.17, 15) is 5.11 Å². The van der Waals surface area contributed by atoms with Gasteiger partial charge in [0.15, 0.2) is 0 Å². The molecule has 2 unspecified atom stereocenters. The first-order valence-electron chi connectivity index (χ1n) is 6.73. The highest BCUT2D eigenvalue weighted by Crippen LogP contribution is 2.24. The van der Waals surface area contributed by atoms with Crippen LogP contribution in [0.3, 0.4) is 0 Å². The molecule has 0 heterocycles. The van der Waals surface area contributed by atoms with E-state index < -0.39 is 6.10 Å². The molecule has 0 rings (SSSR count). The summed E-state index contributed by atoms with van der Waals surface area (Å²) in [6.07, 6.45) is 1.31. The largest absolute Gasteiger partial charge is 0.396 e. The van der Waals surface area contributed by atoms with Crippen molar-refractivity contribution >= 4 is 0 Å². The van der Waals surface area contributed by atoms with Crippen molar-refractivity contribution in [1.29, 1.82) is 0 Å². The van der Waals surface area contributed by atoms with Gasteiger partial charge in [0.1, 0.15) is 0 Å². The van der Waals surface area contributed by atoms with Gasteiger partial charge in [0.25, 0.3) is 0 Å². The van der Waals surface area contributed by atoms with Crippen molar-refractivity contribution in [2.24, 2.45) is 17.3 Å². The van der Waals surface area contributed by atoms with Crippen LogP contribution in [0.4, 0.5) is 0 Å². The molecule has 0 saturated carbocycles. The van der Waals surface area contributed by atoms with Crippen molar-refractivity contribution in [1.82, 2.24) is 0 Å². The lowest BCUT2D eigenvalue weighted by Crippen LogP contribution is -2.36. The van der Waals surface area contributed by atoms with Gasteiger partial charge in [-0.1, -0.05) is 34.6 Å². The van der Waals surface area contributed by atoms with Crippen molar-refractivity contribution in [3.63, 3.8) is 0 Å². The number of aliphatic hydroxyl groups excluding tert-OH is 4. The number of rotatable bonds is 7. The second-order valence-corrected chi connectivity index (χ2v) is 5.99. The maximum atomic E-state index is 9.49. The van der Waals surface area contributed by atoms with E-state index >= 15 is 0 Å². The number of aliphatic hydroxyl groups is 4. The van der Waals surface area contributed by atoms with Gasteiger partial charge >= 0.3 is 0 Å². The standard InChI is InChI=1S/C8H18O2.C6H14O2/c1-6(2)7(10)8(3,4)5-9;1-6(5-8)3-2-4-7/h6-7,9-10H,5H2,1-4H3;6-8H,2-5H2,1H3. The van der Waals surface area contributed by atoms with Crippen molar-refractivity contribution in [2.75, 3.05) is 19.8 Å². The van der Waals surface area contributed by atoms with E-state index in [1.54, 1.807) is 0 Å². The van der Waals surface area contributed by atoms with E-state index in [-0.39, 0.29) is 31.2 Å². The molecule has 0 aliphatic heterocycles. The van der Waals surface area contributed by atoms with Gasteiger partial charge in [0.05, 0.1) is 12.7 Å². The first-order chi connectivity index (χ1) is 8.22. The fourth-order valence-electron chi connectivity index (χ4n) is 1.53. The molecule has 0 aliphatic rings. The van der Waals surface area contributed by atoms with Crippen molar-refractivity contribution in [2.45, 2.75) is 53.6 Å². The topological polar surface area (TPSA) is 80.9 Å². The first kappa shape index (κ1) is 20.2. The molecule has 0 aromatic carbocycles. The molecule has 0 amide bonds. The minimum absolute atomic E-state index is 0.0341. The third-order valence-corrected chi connectivity index (χ3v) is 3.01. The summed E-state index contributed by atoms with van der Waals surface area (Å²) in [5.74, 6) is 0.560. The van der Waals surface area contributed by atoms with Crippen LogP contribution in [0.1, 0.15) is 47.5 Å². The molecule has 0 saturated heterocycles. The highest BCUT2D eigenvalue weighted by atomic mass is 16.3. The second-order valence-electron chi connectivity index (χ2n) is 5.99. The second kappa shape index (κ2) is 10.7. The molecule has 18 heavy (non-hydrogen) atoms. The molecule has 4 nitrogen and oxygen atoms in total. The third kappa shape index (κ3) is 9.83. The van der Waals surface area contributed by atoms with Crippen LogP contribution >= 0.6 is 0 Å². The molecule has 0 radical (unpaired) electrons. The summed E-state index contributed by atoms with van der Waals surface area (Å²) in [7, 11) is 0. The van der Waals surface area contributed by atoms with Crippen molar-refractivity contribution < 1.29 is 20.4 Å². The van der Waals surface area contributed by atoms with Crippen LogP contribution < -0.4 is 0 Å². The molecule has 112 valence electrons. The van der Waals surface area contributed by atoms with Crippen LogP contribution in [-0.2, 0) is 0 Å². The minimum atomic E-state index is -0.419. The summed E-state index contributed by atoms with van der Waals surface area (Å²) in [6, 6.07) is 0. The van der Waals surface area contributed by atoms with Crippen LogP contribution in [0.5, 0.6) is 0 Å². The molecule has 4 N–H and O–H groups in total. The molecule has 4 heteroatoms. The predicted molar refractivity (Wildman–Crippen MR) is 74.3 cm³/mol. The van der Waals surface area contributed by atoms with Gasteiger partial charge in [-0.2, -0.15) is 0 Å². The van der Waals surface area contributed by atoms with Gasteiger partial charge in [0.2, 0.25) is 0 Å². The normalized spacial score (nSPS) is 15.0. The highest BCUT2D eigenvalue weighted by Gasteiger charge is 2.28. The third-order valence-electron chi connectivity index (χ3n) is 3.01. The summed E-state index contributed by atoms with van der Waals surface area (Å²) in [5, 5.41) is 35.2. The van der Waals surface area contributed by atoms with Gasteiger partial charge in [-0.05, 0) is 24.7 Å². The van der Waals surface area contributed by atoms with Crippen molar-refractivity contribution in [3.05, 3.63) is 0 Å². The van der Waals surface area contributed by atoms with E-state index in [1.807, 2.05) is 34.6 Å². The fourth-order valence-corrected chi connectivity index (χ4v) is 1.53. The average molecular weight is 264 g/mol. The Morgan fingerprint density at radius 3 is 1.72 bits per heavy atom. The molecule has 0 fully saturated rings. The molecular weight excluding hydrogens is 232 g/mol. The zero-order valence-corrected chi connectivity index (χ0v) is 12.6. The molecule has 0 aromatic rings. The van der Waals surface area contributed by atoms with E-state index in [0.29, 0.717) is 5.92 Å². The zero-order chi connectivity index (χ0) is 14.8. The Balaban J connectivity index is 0. The van der Waals surface area contributed by atoms with Crippen LogP contribution in [0.25, 0.3) is 0 Å². The Morgan fingerprint density at radius 2 is 1.50 bits per heavy atom. The molecule has 0 aromatic heterocycles. The van der Waals surface area contributed by atoms with Gasteiger partial charge < -0.3 is 20.4 Å². The van der Waals surface area contributed by atoms with E-state index in [2.05, 4.69) is 0 Å². The average Bonchev–Trinajstić information content (AvgIpc) is 2.35. The Bertz CT molecular complexity index is 181. The highest BCUT2D eigenvalue weighted by molar-refractivity contribution is 4.78. The van der Waals surface area contributed by atoms with Crippen LogP contribution in [0.15, 0.2) is 0 Å². The number of hydrogen-bond donors (Lipinski definition) is 4. The molecular formula is C14H32O4. The van der Waals surface area contributed by atoms with Crippen LogP contribution in [0.2, 0.25) is 0 Å². The molecule has 2 atom stereocenters.